The lowest BCUT2D eigenvalue weighted by Crippen LogP contribution is -2.40. The van der Waals surface area contributed by atoms with E-state index in [4.69, 9.17) is 4.74 Å². The van der Waals surface area contributed by atoms with Crippen molar-refractivity contribution >= 4 is 0 Å². The second-order valence-corrected chi connectivity index (χ2v) is 4.58. The van der Waals surface area contributed by atoms with Gasteiger partial charge in [-0.2, -0.15) is 0 Å². The van der Waals surface area contributed by atoms with Gasteiger partial charge in [-0.1, -0.05) is 20.3 Å². The zero-order valence-corrected chi connectivity index (χ0v) is 10.5. The third-order valence-corrected chi connectivity index (χ3v) is 3.10. The van der Waals surface area contributed by atoms with E-state index in [9.17, 15) is 0 Å². The van der Waals surface area contributed by atoms with Crippen LogP contribution in [0.1, 0.15) is 26.7 Å². The molecule has 1 fully saturated rings. The second-order valence-electron chi connectivity index (χ2n) is 4.58. The molecule has 1 saturated heterocycles. The molecule has 0 aromatic rings. The van der Waals surface area contributed by atoms with Crippen LogP contribution in [0.3, 0.4) is 0 Å². The van der Waals surface area contributed by atoms with E-state index in [1.54, 1.807) is 0 Å². The summed E-state index contributed by atoms with van der Waals surface area (Å²) >= 11 is 0. The number of hydrogen-bond donors (Lipinski definition) is 1. The fourth-order valence-corrected chi connectivity index (χ4v) is 2.19. The van der Waals surface area contributed by atoms with Crippen LogP contribution < -0.4 is 5.32 Å². The van der Waals surface area contributed by atoms with Crippen LogP contribution in [0.2, 0.25) is 0 Å². The standard InChI is InChI=1S/C12H26N2O/c1-4-6-7-14(3)8-11-9-15-10-12(11)13-5-2/h11-13H,4-10H2,1-3H3. The van der Waals surface area contributed by atoms with Crippen molar-refractivity contribution in [2.75, 3.05) is 39.9 Å². The highest BCUT2D eigenvalue weighted by atomic mass is 16.5. The van der Waals surface area contributed by atoms with Gasteiger partial charge < -0.3 is 15.0 Å². The average molecular weight is 214 g/mol. The molecule has 0 amide bonds. The first-order valence-electron chi connectivity index (χ1n) is 6.27. The quantitative estimate of drug-likeness (QED) is 0.692. The Kier molecular flexibility index (Phi) is 6.22. The van der Waals surface area contributed by atoms with Crippen LogP contribution in [0.15, 0.2) is 0 Å². The number of ether oxygens (including phenoxy) is 1. The van der Waals surface area contributed by atoms with Crippen LogP contribution in [0.4, 0.5) is 0 Å². The molecular weight excluding hydrogens is 188 g/mol. The topological polar surface area (TPSA) is 24.5 Å². The van der Waals surface area contributed by atoms with Crippen LogP contribution in [0.5, 0.6) is 0 Å². The molecule has 1 aliphatic heterocycles. The van der Waals surface area contributed by atoms with Crippen LogP contribution in [-0.2, 0) is 4.74 Å². The Morgan fingerprint density at radius 3 is 2.80 bits per heavy atom. The van der Waals surface area contributed by atoms with Gasteiger partial charge in [0.15, 0.2) is 0 Å². The van der Waals surface area contributed by atoms with Crippen molar-refractivity contribution in [1.29, 1.82) is 0 Å². The minimum Gasteiger partial charge on any atom is -0.379 e. The summed E-state index contributed by atoms with van der Waals surface area (Å²) in [6, 6.07) is 0.569. The third kappa shape index (κ3) is 4.49. The molecule has 1 N–H and O–H groups in total. The first kappa shape index (κ1) is 12.9. The van der Waals surface area contributed by atoms with Crippen molar-refractivity contribution in [1.82, 2.24) is 10.2 Å². The number of unbranched alkanes of at least 4 members (excludes halogenated alkanes) is 1. The monoisotopic (exact) mass is 214 g/mol. The van der Waals surface area contributed by atoms with Gasteiger partial charge in [0.25, 0.3) is 0 Å². The largest absolute Gasteiger partial charge is 0.379 e. The maximum absolute atomic E-state index is 5.54. The Hall–Kier alpha value is -0.120. The van der Waals surface area contributed by atoms with Gasteiger partial charge in [-0.05, 0) is 26.6 Å². The Labute approximate surface area is 94.2 Å². The van der Waals surface area contributed by atoms with Gasteiger partial charge >= 0.3 is 0 Å². The molecular formula is C12H26N2O. The predicted molar refractivity (Wildman–Crippen MR) is 64.2 cm³/mol. The molecule has 1 heterocycles. The molecule has 0 aliphatic carbocycles. The summed E-state index contributed by atoms with van der Waals surface area (Å²) in [7, 11) is 2.22. The fourth-order valence-electron chi connectivity index (χ4n) is 2.19. The fraction of sp³-hybridized carbons (Fsp3) is 1.00. The van der Waals surface area contributed by atoms with E-state index in [1.165, 1.54) is 19.4 Å². The Morgan fingerprint density at radius 1 is 1.33 bits per heavy atom. The zero-order valence-electron chi connectivity index (χ0n) is 10.5. The van der Waals surface area contributed by atoms with Gasteiger partial charge in [0, 0.05) is 18.5 Å². The molecule has 1 rings (SSSR count). The van der Waals surface area contributed by atoms with E-state index in [2.05, 4.69) is 31.1 Å². The highest BCUT2D eigenvalue weighted by Crippen LogP contribution is 2.14. The smallest absolute Gasteiger partial charge is 0.0623 e. The van der Waals surface area contributed by atoms with Gasteiger partial charge in [-0.15, -0.1) is 0 Å². The number of hydrogen-bond acceptors (Lipinski definition) is 3. The van der Waals surface area contributed by atoms with Gasteiger partial charge in [-0.25, -0.2) is 0 Å². The summed E-state index contributed by atoms with van der Waals surface area (Å²) in [5, 5.41) is 3.50. The summed E-state index contributed by atoms with van der Waals surface area (Å²) in [5.74, 6) is 0.673. The lowest BCUT2D eigenvalue weighted by molar-refractivity contribution is 0.173. The molecule has 0 bridgehead atoms. The lowest BCUT2D eigenvalue weighted by Gasteiger charge is -2.24. The van der Waals surface area contributed by atoms with Gasteiger partial charge in [-0.3, -0.25) is 0 Å². The van der Waals surface area contributed by atoms with Gasteiger partial charge in [0.05, 0.1) is 13.2 Å². The molecule has 90 valence electrons. The third-order valence-electron chi connectivity index (χ3n) is 3.10. The normalized spacial score (nSPS) is 26.4. The molecule has 1 aliphatic rings. The van der Waals surface area contributed by atoms with E-state index in [0.717, 1.165) is 26.3 Å². The summed E-state index contributed by atoms with van der Waals surface area (Å²) in [5.41, 5.74) is 0. The predicted octanol–water partition coefficient (Wildman–Crippen LogP) is 1.34. The summed E-state index contributed by atoms with van der Waals surface area (Å²) in [4.78, 5) is 2.44. The molecule has 0 aromatic carbocycles. The van der Waals surface area contributed by atoms with Crippen LogP contribution in [0.25, 0.3) is 0 Å². The molecule has 2 atom stereocenters. The molecule has 0 spiro atoms. The zero-order chi connectivity index (χ0) is 11.1. The second kappa shape index (κ2) is 7.20. The molecule has 0 radical (unpaired) electrons. The molecule has 2 unspecified atom stereocenters. The lowest BCUT2D eigenvalue weighted by atomic mass is 10.0. The molecule has 3 nitrogen and oxygen atoms in total. The van der Waals surface area contributed by atoms with E-state index in [1.807, 2.05) is 0 Å². The number of nitrogens with one attached hydrogen (secondary N) is 1. The number of nitrogens with zero attached hydrogens (tertiary/aromatic N) is 1. The first-order chi connectivity index (χ1) is 7.27. The van der Waals surface area contributed by atoms with Crippen LogP contribution >= 0.6 is 0 Å². The highest BCUT2D eigenvalue weighted by molar-refractivity contribution is 4.82. The van der Waals surface area contributed by atoms with Crippen molar-refractivity contribution in [3.8, 4) is 0 Å². The SMILES string of the molecule is CCCCN(C)CC1COCC1NCC. The molecule has 15 heavy (non-hydrogen) atoms. The maximum Gasteiger partial charge on any atom is 0.0623 e. The summed E-state index contributed by atoms with van der Waals surface area (Å²) < 4.78 is 5.54. The van der Waals surface area contributed by atoms with E-state index in [-0.39, 0.29) is 0 Å². The molecule has 3 heteroatoms. The minimum atomic E-state index is 0.569. The average Bonchev–Trinajstić information content (AvgIpc) is 2.63. The van der Waals surface area contributed by atoms with E-state index in [0.29, 0.717) is 12.0 Å². The van der Waals surface area contributed by atoms with Gasteiger partial charge in [0.1, 0.15) is 0 Å². The maximum atomic E-state index is 5.54. The Bertz CT molecular complexity index is 164. The van der Waals surface area contributed by atoms with E-state index >= 15 is 0 Å². The summed E-state index contributed by atoms with van der Waals surface area (Å²) in [6.45, 7) is 9.64. The van der Waals surface area contributed by atoms with Crippen molar-refractivity contribution < 1.29 is 4.74 Å². The minimum absolute atomic E-state index is 0.569. The Morgan fingerprint density at radius 2 is 2.13 bits per heavy atom. The van der Waals surface area contributed by atoms with Crippen molar-refractivity contribution in [2.45, 2.75) is 32.7 Å². The van der Waals surface area contributed by atoms with E-state index < -0.39 is 0 Å². The van der Waals surface area contributed by atoms with Crippen molar-refractivity contribution in [3.05, 3.63) is 0 Å². The van der Waals surface area contributed by atoms with Crippen molar-refractivity contribution in [2.24, 2.45) is 5.92 Å². The number of rotatable bonds is 7. The van der Waals surface area contributed by atoms with Crippen LogP contribution in [0, 0.1) is 5.92 Å². The van der Waals surface area contributed by atoms with Gasteiger partial charge in [0.2, 0.25) is 0 Å². The Balaban J connectivity index is 2.23. The van der Waals surface area contributed by atoms with Crippen LogP contribution in [-0.4, -0.2) is 50.8 Å². The molecule has 0 saturated carbocycles. The highest BCUT2D eigenvalue weighted by Gasteiger charge is 2.27. The number of likely N-dealkylation sites (N-methyl/N-ethyl adjacent to an activating group) is 1. The first-order valence-corrected chi connectivity index (χ1v) is 6.27. The summed E-state index contributed by atoms with van der Waals surface area (Å²) in [6.07, 6.45) is 2.58. The molecule has 0 aromatic heterocycles. The van der Waals surface area contributed by atoms with Crippen molar-refractivity contribution in [3.63, 3.8) is 0 Å².